The third-order valence-electron chi connectivity index (χ3n) is 6.67. The second-order valence-corrected chi connectivity index (χ2v) is 9.20. The van der Waals surface area contributed by atoms with Gasteiger partial charge >= 0.3 is 0 Å². The molecule has 1 aliphatic rings. The van der Waals surface area contributed by atoms with Gasteiger partial charge in [-0.15, -0.1) is 0 Å². The van der Waals surface area contributed by atoms with Crippen LogP contribution in [-0.2, 0) is 4.74 Å². The quantitative estimate of drug-likeness (QED) is 0.287. The lowest BCUT2D eigenvalue weighted by molar-refractivity contribution is -0.0190. The van der Waals surface area contributed by atoms with Crippen LogP contribution < -0.4 is 4.74 Å². The Balaban J connectivity index is 1.40. The van der Waals surface area contributed by atoms with Gasteiger partial charge in [0, 0.05) is 5.56 Å². The summed E-state index contributed by atoms with van der Waals surface area (Å²) in [5.74, 6) is -1.22. The van der Waals surface area contributed by atoms with E-state index in [1.54, 1.807) is 6.07 Å². The normalized spacial score (nSPS) is 18.2. The summed E-state index contributed by atoms with van der Waals surface area (Å²) in [6.07, 6.45) is 9.81. The highest BCUT2D eigenvalue weighted by molar-refractivity contribution is 5.71. The molecule has 0 radical (unpaired) electrons. The van der Waals surface area contributed by atoms with Crippen LogP contribution in [-0.4, -0.2) is 13.2 Å². The molecule has 184 valence electrons. The van der Waals surface area contributed by atoms with Crippen LogP contribution in [0.25, 0.3) is 22.3 Å². The zero-order chi connectivity index (χ0) is 24.6. The molecular formula is C31H34F2O2. The Morgan fingerprint density at radius 2 is 1.57 bits per heavy atom. The van der Waals surface area contributed by atoms with Crippen molar-refractivity contribution in [2.75, 3.05) is 13.2 Å². The van der Waals surface area contributed by atoms with E-state index < -0.39 is 11.6 Å². The first-order chi connectivity index (χ1) is 17.1. The van der Waals surface area contributed by atoms with Gasteiger partial charge in [0.05, 0.1) is 19.3 Å². The lowest BCUT2D eigenvalue weighted by Crippen LogP contribution is -2.20. The summed E-state index contributed by atoms with van der Waals surface area (Å²) in [5.41, 5.74) is 4.17. The Bertz CT molecular complexity index is 1110. The number of allylic oxidation sites excluding steroid dienone is 2. The van der Waals surface area contributed by atoms with E-state index >= 15 is 0 Å². The summed E-state index contributed by atoms with van der Waals surface area (Å²) in [5, 5.41) is 0. The average Bonchev–Trinajstić information content (AvgIpc) is 2.90. The predicted octanol–water partition coefficient (Wildman–Crippen LogP) is 8.91. The van der Waals surface area contributed by atoms with Gasteiger partial charge in [0.15, 0.2) is 11.6 Å². The Labute approximate surface area is 207 Å². The van der Waals surface area contributed by atoms with Gasteiger partial charge in [0.2, 0.25) is 5.82 Å². The molecule has 0 saturated carbocycles. The molecule has 3 aromatic rings. The monoisotopic (exact) mass is 476 g/mol. The first-order valence-electron chi connectivity index (χ1n) is 12.6. The third kappa shape index (κ3) is 6.18. The second kappa shape index (κ2) is 12.1. The summed E-state index contributed by atoms with van der Waals surface area (Å²) < 4.78 is 40.5. The van der Waals surface area contributed by atoms with E-state index in [2.05, 4.69) is 43.3 Å². The standard InChI is InChI=1S/C31H34F2O2/c1-3-5-6-7-22-8-18-28(35-21-22)26-15-11-24(12-16-26)23-9-13-25(14-10-23)27-17-19-29(34-20-4-2)31(33)30(27)32/h3,5,9-17,19,22,28H,4,6-8,18,20-21H2,1-2H3. The van der Waals surface area contributed by atoms with Crippen molar-refractivity contribution in [1.29, 1.82) is 0 Å². The molecule has 0 aromatic heterocycles. The molecule has 2 nitrogen and oxygen atoms in total. The molecule has 4 heteroatoms. The van der Waals surface area contributed by atoms with Crippen LogP contribution in [0.3, 0.4) is 0 Å². The van der Waals surface area contributed by atoms with E-state index in [1.807, 2.05) is 31.2 Å². The van der Waals surface area contributed by atoms with Crippen LogP contribution in [0.15, 0.2) is 72.8 Å². The SMILES string of the molecule is CC=CCCC1CCC(c2ccc(-c3ccc(-c4ccc(OCCC)c(F)c4F)cc3)cc2)OC1. The summed E-state index contributed by atoms with van der Waals surface area (Å²) in [7, 11) is 0. The lowest BCUT2D eigenvalue weighted by atomic mass is 9.91. The Kier molecular flexibility index (Phi) is 8.70. The molecule has 3 aromatic carbocycles. The van der Waals surface area contributed by atoms with E-state index in [4.69, 9.17) is 9.47 Å². The topological polar surface area (TPSA) is 18.5 Å². The first-order valence-corrected chi connectivity index (χ1v) is 12.6. The highest BCUT2D eigenvalue weighted by Gasteiger charge is 2.22. The van der Waals surface area contributed by atoms with E-state index in [1.165, 1.54) is 24.5 Å². The van der Waals surface area contributed by atoms with E-state index in [-0.39, 0.29) is 17.4 Å². The van der Waals surface area contributed by atoms with Crippen LogP contribution in [0.5, 0.6) is 5.75 Å². The smallest absolute Gasteiger partial charge is 0.201 e. The summed E-state index contributed by atoms with van der Waals surface area (Å²) in [6.45, 7) is 5.17. The zero-order valence-corrected chi connectivity index (χ0v) is 20.6. The Morgan fingerprint density at radius 1 is 0.886 bits per heavy atom. The molecule has 0 N–H and O–H groups in total. The molecule has 2 unspecified atom stereocenters. The highest BCUT2D eigenvalue weighted by atomic mass is 19.2. The Morgan fingerprint density at radius 3 is 2.20 bits per heavy atom. The molecule has 4 rings (SSSR count). The van der Waals surface area contributed by atoms with Crippen molar-refractivity contribution in [2.45, 2.75) is 52.1 Å². The minimum Gasteiger partial charge on any atom is -0.490 e. The van der Waals surface area contributed by atoms with Gasteiger partial charge in [-0.1, -0.05) is 67.6 Å². The maximum absolute atomic E-state index is 14.7. The second-order valence-electron chi connectivity index (χ2n) is 9.20. The minimum absolute atomic E-state index is 0.0454. The minimum atomic E-state index is -0.940. The van der Waals surface area contributed by atoms with Crippen molar-refractivity contribution in [3.8, 4) is 28.0 Å². The molecule has 35 heavy (non-hydrogen) atoms. The maximum atomic E-state index is 14.7. The van der Waals surface area contributed by atoms with E-state index in [9.17, 15) is 8.78 Å². The average molecular weight is 477 g/mol. The van der Waals surface area contributed by atoms with Crippen LogP contribution in [0.1, 0.15) is 57.6 Å². The number of benzene rings is 3. The van der Waals surface area contributed by atoms with Gasteiger partial charge < -0.3 is 9.47 Å². The van der Waals surface area contributed by atoms with E-state index in [0.717, 1.165) is 37.0 Å². The Hall–Kier alpha value is -2.98. The molecule has 2 atom stereocenters. The fourth-order valence-corrected chi connectivity index (χ4v) is 4.61. The number of hydrogen-bond donors (Lipinski definition) is 0. The predicted molar refractivity (Wildman–Crippen MR) is 138 cm³/mol. The summed E-state index contributed by atoms with van der Waals surface area (Å²) >= 11 is 0. The fraction of sp³-hybridized carbons (Fsp3) is 0.355. The van der Waals surface area contributed by atoms with Gasteiger partial charge in [0.1, 0.15) is 0 Å². The van der Waals surface area contributed by atoms with Crippen LogP contribution in [0.4, 0.5) is 8.78 Å². The van der Waals surface area contributed by atoms with Crippen LogP contribution in [0, 0.1) is 17.6 Å². The lowest BCUT2D eigenvalue weighted by Gasteiger charge is -2.29. The van der Waals surface area contributed by atoms with Crippen molar-refractivity contribution in [3.05, 3.63) is 90.0 Å². The number of hydrogen-bond acceptors (Lipinski definition) is 2. The maximum Gasteiger partial charge on any atom is 0.201 e. The number of ether oxygens (including phenoxy) is 2. The molecule has 0 bridgehead atoms. The molecule has 0 spiro atoms. The van der Waals surface area contributed by atoms with Crippen molar-refractivity contribution in [3.63, 3.8) is 0 Å². The van der Waals surface area contributed by atoms with Crippen molar-refractivity contribution < 1.29 is 18.3 Å². The number of rotatable bonds is 9. The zero-order valence-electron chi connectivity index (χ0n) is 20.6. The van der Waals surface area contributed by atoms with Gasteiger partial charge in [-0.3, -0.25) is 0 Å². The molecule has 1 aliphatic heterocycles. The third-order valence-corrected chi connectivity index (χ3v) is 6.67. The van der Waals surface area contributed by atoms with Gasteiger partial charge in [-0.05, 0) is 79.3 Å². The van der Waals surface area contributed by atoms with Crippen molar-refractivity contribution >= 4 is 0 Å². The summed E-state index contributed by atoms with van der Waals surface area (Å²) in [6, 6.07) is 19.1. The van der Waals surface area contributed by atoms with Gasteiger partial charge in [-0.2, -0.15) is 4.39 Å². The van der Waals surface area contributed by atoms with Crippen LogP contribution >= 0.6 is 0 Å². The summed E-state index contributed by atoms with van der Waals surface area (Å²) in [4.78, 5) is 0. The first kappa shape index (κ1) is 25.1. The molecule has 1 saturated heterocycles. The fourth-order valence-electron chi connectivity index (χ4n) is 4.61. The largest absolute Gasteiger partial charge is 0.490 e. The highest BCUT2D eigenvalue weighted by Crippen LogP contribution is 2.34. The molecule has 1 heterocycles. The van der Waals surface area contributed by atoms with Gasteiger partial charge in [0.25, 0.3) is 0 Å². The van der Waals surface area contributed by atoms with Gasteiger partial charge in [-0.25, -0.2) is 4.39 Å². The van der Waals surface area contributed by atoms with E-state index in [0.29, 0.717) is 18.1 Å². The van der Waals surface area contributed by atoms with Crippen LogP contribution in [0.2, 0.25) is 0 Å². The molecular weight excluding hydrogens is 442 g/mol. The van der Waals surface area contributed by atoms with Crippen molar-refractivity contribution in [2.24, 2.45) is 5.92 Å². The molecule has 0 amide bonds. The number of halogens is 2. The van der Waals surface area contributed by atoms with Crippen molar-refractivity contribution in [1.82, 2.24) is 0 Å². The molecule has 1 fully saturated rings. The molecule has 0 aliphatic carbocycles.